The second kappa shape index (κ2) is 6.38. The van der Waals surface area contributed by atoms with Gasteiger partial charge in [0.2, 0.25) is 5.76 Å². The zero-order valence-electron chi connectivity index (χ0n) is 14.5. The van der Waals surface area contributed by atoms with Crippen LogP contribution in [0.5, 0.6) is 0 Å². The molecule has 1 aromatic rings. The summed E-state index contributed by atoms with van der Waals surface area (Å²) < 4.78 is 5.87. The first-order chi connectivity index (χ1) is 11.5. The molecular weight excluding hydrogens is 306 g/mol. The van der Waals surface area contributed by atoms with Gasteiger partial charge >= 0.3 is 5.97 Å². The molecule has 5 nitrogen and oxygen atoms in total. The van der Waals surface area contributed by atoms with Gasteiger partial charge in [0.15, 0.2) is 5.60 Å². The fourth-order valence-corrected chi connectivity index (χ4v) is 3.73. The molecule has 3 unspecified atom stereocenters. The molecule has 1 fully saturated rings. The van der Waals surface area contributed by atoms with E-state index in [-0.39, 0.29) is 11.2 Å². The zero-order valence-corrected chi connectivity index (χ0v) is 14.5. The van der Waals surface area contributed by atoms with E-state index in [1.807, 2.05) is 13.0 Å². The summed E-state index contributed by atoms with van der Waals surface area (Å²) >= 11 is 0. The number of carboxylic acid groups (broad SMARTS) is 1. The van der Waals surface area contributed by atoms with Crippen molar-refractivity contribution < 1.29 is 19.5 Å². The zero-order chi connectivity index (χ0) is 17.3. The number of aromatic carboxylic acids is 1. The smallest absolute Gasteiger partial charge is 0.335 e. The molecule has 1 saturated carbocycles. The number of nitrogens with zero attached hydrogens (tertiary/aromatic N) is 1. The largest absolute Gasteiger partial charge is 0.483 e. The number of rotatable bonds is 5. The fourth-order valence-electron chi connectivity index (χ4n) is 3.73. The number of carboxylic acids is 1. The average molecular weight is 331 g/mol. The molecule has 130 valence electrons. The third-order valence-electron chi connectivity index (χ3n) is 5.23. The molecule has 5 heteroatoms. The van der Waals surface area contributed by atoms with Crippen molar-refractivity contribution in [2.75, 3.05) is 11.6 Å². The van der Waals surface area contributed by atoms with E-state index in [9.17, 15) is 9.90 Å². The van der Waals surface area contributed by atoms with Crippen LogP contribution in [0.3, 0.4) is 0 Å². The van der Waals surface area contributed by atoms with Gasteiger partial charge in [0.1, 0.15) is 6.26 Å². The van der Waals surface area contributed by atoms with E-state index in [0.717, 1.165) is 30.7 Å². The lowest BCUT2D eigenvalue weighted by Gasteiger charge is -2.49. The lowest BCUT2D eigenvalue weighted by molar-refractivity contribution is -0.124. The Kier molecular flexibility index (Phi) is 4.43. The molecule has 3 atom stereocenters. The second-order valence-electron chi connectivity index (χ2n) is 6.91. The van der Waals surface area contributed by atoms with Crippen LogP contribution in [0.1, 0.15) is 50.4 Å². The Bertz CT molecular complexity index is 657. The Balaban J connectivity index is 1.77. The van der Waals surface area contributed by atoms with Gasteiger partial charge in [-0.2, -0.15) is 0 Å². The third kappa shape index (κ3) is 2.83. The molecule has 0 bridgehead atoms. The third-order valence-corrected chi connectivity index (χ3v) is 5.23. The maximum Gasteiger partial charge on any atom is 0.335 e. The summed E-state index contributed by atoms with van der Waals surface area (Å²) in [7, 11) is 0. The first-order valence-electron chi connectivity index (χ1n) is 8.63. The number of anilines is 1. The molecule has 1 aromatic carbocycles. The predicted octanol–water partition coefficient (Wildman–Crippen LogP) is 4.21. The van der Waals surface area contributed by atoms with Crippen LogP contribution in [-0.2, 0) is 9.57 Å². The average Bonchev–Trinajstić information content (AvgIpc) is 2.55. The van der Waals surface area contributed by atoms with E-state index >= 15 is 0 Å². The van der Waals surface area contributed by atoms with Crippen molar-refractivity contribution in [1.82, 2.24) is 0 Å². The lowest BCUT2D eigenvalue weighted by atomic mass is 9.70. The molecule has 1 spiro atoms. The summed E-state index contributed by atoms with van der Waals surface area (Å²) in [4.78, 5) is 17.3. The molecule has 1 heterocycles. The molecular formula is C19H25NO4. The van der Waals surface area contributed by atoms with Crippen molar-refractivity contribution in [3.63, 3.8) is 0 Å². The van der Waals surface area contributed by atoms with Gasteiger partial charge in [-0.25, -0.2) is 9.86 Å². The van der Waals surface area contributed by atoms with Gasteiger partial charge in [0, 0.05) is 5.92 Å². The molecule has 2 aliphatic rings. The van der Waals surface area contributed by atoms with Crippen molar-refractivity contribution in [1.29, 1.82) is 0 Å². The van der Waals surface area contributed by atoms with E-state index in [1.54, 1.807) is 29.5 Å². The summed E-state index contributed by atoms with van der Waals surface area (Å²) in [5, 5.41) is 10.9. The normalized spacial score (nSPS) is 28.5. The van der Waals surface area contributed by atoms with Crippen molar-refractivity contribution in [3.8, 4) is 0 Å². The van der Waals surface area contributed by atoms with Crippen LogP contribution in [0.25, 0.3) is 0 Å². The fraction of sp³-hybridized carbons (Fsp3) is 0.526. The number of hydrogen-bond donors (Lipinski definition) is 1. The molecule has 1 N–H and O–H groups in total. The van der Waals surface area contributed by atoms with Gasteiger partial charge < -0.3 is 14.7 Å². The molecule has 0 amide bonds. The number of benzene rings is 1. The molecule has 1 aliphatic carbocycles. The Morgan fingerprint density at radius 3 is 2.83 bits per heavy atom. The molecule has 0 aromatic heterocycles. The van der Waals surface area contributed by atoms with E-state index in [4.69, 9.17) is 9.57 Å². The maximum atomic E-state index is 11.2. The maximum absolute atomic E-state index is 11.2. The SMILES string of the molecule is CCN(OC1=COC12CCC(C)CC2C)c1cccc(C(=O)O)c1. The summed E-state index contributed by atoms with van der Waals surface area (Å²) in [5.74, 6) is 1.03. The van der Waals surface area contributed by atoms with Gasteiger partial charge in [-0.3, -0.25) is 0 Å². The molecule has 24 heavy (non-hydrogen) atoms. The lowest BCUT2D eigenvalue weighted by Crippen LogP contribution is -2.51. The van der Waals surface area contributed by atoms with Crippen LogP contribution in [0.4, 0.5) is 5.69 Å². The van der Waals surface area contributed by atoms with Gasteiger partial charge in [-0.05, 0) is 50.3 Å². The highest BCUT2D eigenvalue weighted by Crippen LogP contribution is 2.49. The van der Waals surface area contributed by atoms with Crippen LogP contribution in [0.15, 0.2) is 36.3 Å². The molecule has 0 saturated heterocycles. The van der Waals surface area contributed by atoms with Gasteiger partial charge in [-0.1, -0.05) is 19.9 Å². The number of carbonyl (C=O) groups is 1. The van der Waals surface area contributed by atoms with E-state index < -0.39 is 5.97 Å². The van der Waals surface area contributed by atoms with Crippen LogP contribution >= 0.6 is 0 Å². The Morgan fingerprint density at radius 2 is 2.25 bits per heavy atom. The van der Waals surface area contributed by atoms with Crippen molar-refractivity contribution >= 4 is 11.7 Å². The van der Waals surface area contributed by atoms with E-state index in [0.29, 0.717) is 18.4 Å². The Morgan fingerprint density at radius 1 is 1.46 bits per heavy atom. The quantitative estimate of drug-likeness (QED) is 0.819. The van der Waals surface area contributed by atoms with Crippen LogP contribution in [-0.4, -0.2) is 23.2 Å². The highest BCUT2D eigenvalue weighted by atomic mass is 16.7. The topological polar surface area (TPSA) is 59.0 Å². The van der Waals surface area contributed by atoms with Crippen molar-refractivity contribution in [2.24, 2.45) is 11.8 Å². The van der Waals surface area contributed by atoms with Gasteiger partial charge in [-0.15, -0.1) is 0 Å². The highest BCUT2D eigenvalue weighted by molar-refractivity contribution is 5.88. The highest BCUT2D eigenvalue weighted by Gasteiger charge is 2.52. The molecule has 1 aliphatic heterocycles. The minimum Gasteiger partial charge on any atom is -0.483 e. The first kappa shape index (κ1) is 16.7. The number of hydroxylamine groups is 1. The minimum absolute atomic E-state index is 0.253. The molecule has 0 radical (unpaired) electrons. The van der Waals surface area contributed by atoms with E-state index in [1.165, 1.54) is 0 Å². The monoisotopic (exact) mass is 331 g/mol. The summed E-state index contributed by atoms with van der Waals surface area (Å²) in [6.07, 6.45) is 4.91. The standard InChI is InChI=1S/C19H25NO4/c1-4-20(16-7-5-6-15(11-16)18(21)22)24-17-12-23-19(17)9-8-13(2)10-14(19)3/h5-7,11-14H,4,8-10H2,1-3H3,(H,21,22). The number of hydrogen-bond acceptors (Lipinski definition) is 4. The predicted molar refractivity (Wildman–Crippen MR) is 91.6 cm³/mol. The number of ether oxygens (including phenoxy) is 1. The van der Waals surface area contributed by atoms with Crippen molar-refractivity contribution in [3.05, 3.63) is 41.9 Å². The Hall–Kier alpha value is -2.17. The second-order valence-corrected chi connectivity index (χ2v) is 6.91. The first-order valence-corrected chi connectivity index (χ1v) is 8.63. The summed E-state index contributed by atoms with van der Waals surface area (Å²) in [6.45, 7) is 7.09. The van der Waals surface area contributed by atoms with E-state index in [2.05, 4.69) is 13.8 Å². The van der Waals surface area contributed by atoms with Gasteiger partial charge in [0.25, 0.3) is 0 Å². The summed E-state index contributed by atoms with van der Waals surface area (Å²) in [6, 6.07) is 6.80. The van der Waals surface area contributed by atoms with Gasteiger partial charge in [0.05, 0.1) is 17.8 Å². The van der Waals surface area contributed by atoms with Crippen LogP contribution in [0.2, 0.25) is 0 Å². The van der Waals surface area contributed by atoms with Crippen LogP contribution < -0.4 is 5.06 Å². The summed E-state index contributed by atoms with van der Waals surface area (Å²) in [5.41, 5.74) is 0.671. The van der Waals surface area contributed by atoms with Crippen molar-refractivity contribution in [2.45, 2.75) is 45.6 Å². The Labute approximate surface area is 142 Å². The minimum atomic E-state index is -0.939. The van der Waals surface area contributed by atoms with Crippen LogP contribution in [0, 0.1) is 11.8 Å². The molecule has 3 rings (SSSR count).